The lowest BCUT2D eigenvalue weighted by Gasteiger charge is -2.30. The molecule has 0 aliphatic carbocycles. The molecular formula is C16H22BrN5O3S. The highest BCUT2D eigenvalue weighted by atomic mass is 79.9. The van der Waals surface area contributed by atoms with E-state index in [4.69, 9.17) is 5.14 Å². The standard InChI is InChI=1S/C16H22BrN5O3S/c1-16(2,3)13(9-23)21-14-12(17)8-19-15(22-14)20-10-4-6-11(7-5-10)26(18,24)25/h4-8,13,23H,9H2,1-3H3,(H2,18,24,25)(H2,19,20,21,22)/t13-/m0/s1. The van der Waals surface area contributed by atoms with Crippen molar-refractivity contribution in [2.75, 3.05) is 17.2 Å². The quantitative estimate of drug-likeness (QED) is 0.538. The van der Waals surface area contributed by atoms with Gasteiger partial charge in [0.1, 0.15) is 5.82 Å². The van der Waals surface area contributed by atoms with E-state index < -0.39 is 10.0 Å². The van der Waals surface area contributed by atoms with Crippen molar-refractivity contribution in [3.05, 3.63) is 34.9 Å². The van der Waals surface area contributed by atoms with E-state index in [2.05, 4.69) is 36.5 Å². The number of primary sulfonamides is 1. The molecule has 0 saturated carbocycles. The molecule has 0 radical (unpaired) electrons. The van der Waals surface area contributed by atoms with Gasteiger partial charge in [-0.1, -0.05) is 20.8 Å². The summed E-state index contributed by atoms with van der Waals surface area (Å²) in [5, 5.41) is 20.9. The lowest BCUT2D eigenvalue weighted by molar-refractivity contribution is 0.201. The molecule has 0 aliphatic rings. The summed E-state index contributed by atoms with van der Waals surface area (Å²) in [5.74, 6) is 0.863. The first-order valence-electron chi connectivity index (χ1n) is 7.80. The predicted molar refractivity (Wildman–Crippen MR) is 105 cm³/mol. The van der Waals surface area contributed by atoms with Gasteiger partial charge in [-0.3, -0.25) is 0 Å². The number of hydrogen-bond donors (Lipinski definition) is 4. The second kappa shape index (κ2) is 7.87. The van der Waals surface area contributed by atoms with Gasteiger partial charge in [-0.25, -0.2) is 18.5 Å². The van der Waals surface area contributed by atoms with E-state index in [-0.39, 0.29) is 23.0 Å². The van der Waals surface area contributed by atoms with E-state index in [0.717, 1.165) is 0 Å². The van der Waals surface area contributed by atoms with Crippen LogP contribution < -0.4 is 15.8 Å². The Balaban J connectivity index is 2.21. The number of nitrogens with one attached hydrogen (secondary N) is 2. The van der Waals surface area contributed by atoms with Crippen LogP contribution in [0.15, 0.2) is 39.8 Å². The van der Waals surface area contributed by atoms with Gasteiger partial charge in [-0.05, 0) is 45.6 Å². The molecule has 0 aliphatic heterocycles. The van der Waals surface area contributed by atoms with Crippen molar-refractivity contribution in [3.63, 3.8) is 0 Å². The Hall–Kier alpha value is -1.75. The number of sulfonamides is 1. The average Bonchev–Trinajstić information content (AvgIpc) is 2.53. The fourth-order valence-electron chi connectivity index (χ4n) is 2.09. The van der Waals surface area contributed by atoms with Crippen LogP contribution in [-0.2, 0) is 10.0 Å². The molecule has 10 heteroatoms. The van der Waals surface area contributed by atoms with Crippen LogP contribution in [-0.4, -0.2) is 36.1 Å². The molecule has 2 rings (SSSR count). The Labute approximate surface area is 161 Å². The van der Waals surface area contributed by atoms with Gasteiger partial charge in [0.15, 0.2) is 0 Å². The van der Waals surface area contributed by atoms with Crippen LogP contribution in [0.1, 0.15) is 20.8 Å². The minimum Gasteiger partial charge on any atom is -0.394 e. The molecule has 142 valence electrons. The van der Waals surface area contributed by atoms with Crippen LogP contribution in [0.5, 0.6) is 0 Å². The number of anilines is 3. The number of hydrogen-bond acceptors (Lipinski definition) is 7. The van der Waals surface area contributed by atoms with Gasteiger partial charge in [-0.15, -0.1) is 0 Å². The molecule has 0 amide bonds. The third-order valence-corrected chi connectivity index (χ3v) is 5.23. The largest absolute Gasteiger partial charge is 0.394 e. The molecule has 0 spiro atoms. The second-order valence-corrected chi connectivity index (χ2v) is 9.25. The molecule has 0 saturated heterocycles. The summed E-state index contributed by atoms with van der Waals surface area (Å²) >= 11 is 3.39. The van der Waals surface area contributed by atoms with E-state index in [9.17, 15) is 13.5 Å². The lowest BCUT2D eigenvalue weighted by atomic mass is 9.87. The average molecular weight is 444 g/mol. The SMILES string of the molecule is CC(C)(C)[C@H](CO)Nc1nc(Nc2ccc(S(N)(=O)=O)cc2)ncc1Br. The summed E-state index contributed by atoms with van der Waals surface area (Å²) < 4.78 is 23.3. The van der Waals surface area contributed by atoms with E-state index >= 15 is 0 Å². The van der Waals surface area contributed by atoms with Crippen molar-refractivity contribution < 1.29 is 13.5 Å². The fourth-order valence-corrected chi connectivity index (χ4v) is 2.91. The third-order valence-electron chi connectivity index (χ3n) is 3.72. The number of aromatic nitrogens is 2. The Morgan fingerprint density at radius 1 is 1.27 bits per heavy atom. The van der Waals surface area contributed by atoms with Crippen molar-refractivity contribution in [2.45, 2.75) is 31.7 Å². The molecule has 5 N–H and O–H groups in total. The van der Waals surface area contributed by atoms with Crippen LogP contribution in [0.25, 0.3) is 0 Å². The lowest BCUT2D eigenvalue weighted by Crippen LogP contribution is -2.37. The van der Waals surface area contributed by atoms with Crippen molar-refractivity contribution in [1.82, 2.24) is 9.97 Å². The number of nitrogens with two attached hydrogens (primary N) is 1. The van der Waals surface area contributed by atoms with Gasteiger partial charge in [0, 0.05) is 11.9 Å². The summed E-state index contributed by atoms with van der Waals surface area (Å²) in [6.07, 6.45) is 1.59. The third kappa shape index (κ3) is 5.37. The summed E-state index contributed by atoms with van der Waals surface area (Å²) in [6.45, 7) is 6.00. The Morgan fingerprint density at radius 3 is 2.38 bits per heavy atom. The summed E-state index contributed by atoms with van der Waals surface area (Å²) in [6, 6.07) is 5.75. The molecule has 0 unspecified atom stereocenters. The van der Waals surface area contributed by atoms with Gasteiger partial charge in [0.05, 0.1) is 22.0 Å². The number of aliphatic hydroxyl groups is 1. The van der Waals surface area contributed by atoms with Crippen LogP contribution in [0.2, 0.25) is 0 Å². The van der Waals surface area contributed by atoms with Crippen LogP contribution in [0, 0.1) is 5.41 Å². The fraction of sp³-hybridized carbons (Fsp3) is 0.375. The van der Waals surface area contributed by atoms with Crippen molar-refractivity contribution in [3.8, 4) is 0 Å². The molecule has 1 atom stereocenters. The van der Waals surface area contributed by atoms with Crippen LogP contribution in [0.4, 0.5) is 17.5 Å². The highest BCUT2D eigenvalue weighted by molar-refractivity contribution is 9.10. The maximum absolute atomic E-state index is 11.3. The minimum absolute atomic E-state index is 0.0260. The van der Waals surface area contributed by atoms with E-state index in [0.29, 0.717) is 21.9 Å². The molecule has 2 aromatic rings. The zero-order chi connectivity index (χ0) is 19.5. The Bertz CT molecular complexity index is 866. The Kier molecular flexibility index (Phi) is 6.22. The second-order valence-electron chi connectivity index (χ2n) is 6.83. The van der Waals surface area contributed by atoms with E-state index in [1.807, 2.05) is 20.8 Å². The highest BCUT2D eigenvalue weighted by Crippen LogP contribution is 2.27. The molecule has 0 fully saturated rings. The van der Waals surface area contributed by atoms with Crippen LogP contribution >= 0.6 is 15.9 Å². The number of halogens is 1. The molecule has 1 aromatic heterocycles. The van der Waals surface area contributed by atoms with Crippen molar-refractivity contribution >= 4 is 43.4 Å². The maximum atomic E-state index is 11.3. The number of aliphatic hydroxyl groups excluding tert-OH is 1. The minimum atomic E-state index is -3.73. The first kappa shape index (κ1) is 20.6. The van der Waals surface area contributed by atoms with Gasteiger partial charge in [0.25, 0.3) is 0 Å². The van der Waals surface area contributed by atoms with Gasteiger partial charge in [-0.2, -0.15) is 4.98 Å². The number of rotatable bonds is 6. The van der Waals surface area contributed by atoms with Crippen LogP contribution in [0.3, 0.4) is 0 Å². The first-order valence-corrected chi connectivity index (χ1v) is 10.1. The molecule has 1 aromatic carbocycles. The predicted octanol–water partition coefficient (Wildman–Crippen LogP) is 2.45. The Morgan fingerprint density at radius 2 is 1.88 bits per heavy atom. The normalized spacial score (nSPS) is 13.3. The van der Waals surface area contributed by atoms with E-state index in [1.54, 1.807) is 18.3 Å². The zero-order valence-electron chi connectivity index (χ0n) is 14.7. The van der Waals surface area contributed by atoms with Crippen molar-refractivity contribution in [1.29, 1.82) is 0 Å². The summed E-state index contributed by atoms with van der Waals surface area (Å²) in [7, 11) is -3.73. The highest BCUT2D eigenvalue weighted by Gasteiger charge is 2.25. The number of nitrogens with zero attached hydrogens (tertiary/aromatic N) is 2. The van der Waals surface area contributed by atoms with Crippen molar-refractivity contribution in [2.24, 2.45) is 10.6 Å². The molecule has 0 bridgehead atoms. The smallest absolute Gasteiger partial charge is 0.238 e. The van der Waals surface area contributed by atoms with E-state index in [1.165, 1.54) is 12.1 Å². The van der Waals surface area contributed by atoms with Gasteiger partial charge in [0.2, 0.25) is 16.0 Å². The molecule has 8 nitrogen and oxygen atoms in total. The first-order chi connectivity index (χ1) is 12.0. The topological polar surface area (TPSA) is 130 Å². The summed E-state index contributed by atoms with van der Waals surface area (Å²) in [4.78, 5) is 8.62. The molecule has 1 heterocycles. The zero-order valence-corrected chi connectivity index (χ0v) is 17.1. The monoisotopic (exact) mass is 443 g/mol. The maximum Gasteiger partial charge on any atom is 0.238 e. The number of benzene rings is 1. The van der Waals surface area contributed by atoms with Gasteiger partial charge >= 0.3 is 0 Å². The molecule has 26 heavy (non-hydrogen) atoms. The van der Waals surface area contributed by atoms with Gasteiger partial charge < -0.3 is 15.7 Å². The molecular weight excluding hydrogens is 422 g/mol. The summed E-state index contributed by atoms with van der Waals surface area (Å²) in [5.41, 5.74) is 0.441.